The number of Topliss-reactive ketones (excluding diaryl/α,β-unsaturated/α-hetero) is 2. The lowest BCUT2D eigenvalue weighted by atomic mass is 9.31. The molecular weight excluding hydrogens is 510 g/mol. The van der Waals surface area contributed by atoms with Crippen molar-refractivity contribution in [3.63, 3.8) is 0 Å². The fourth-order valence-electron chi connectivity index (χ4n) is 11.0. The molecule has 0 heterocycles. The molecule has 5 rings (SSSR count). The van der Waals surface area contributed by atoms with Gasteiger partial charge in [-0.3, -0.25) is 9.59 Å². The predicted octanol–water partition coefficient (Wildman–Crippen LogP) is 8.07. The van der Waals surface area contributed by atoms with Crippen molar-refractivity contribution in [3.05, 3.63) is 11.6 Å². The van der Waals surface area contributed by atoms with E-state index in [0.29, 0.717) is 29.1 Å². The van der Waals surface area contributed by atoms with E-state index in [-0.39, 0.29) is 45.2 Å². The number of alkyl halides is 1. The first-order valence-electron chi connectivity index (χ1n) is 14.4. The van der Waals surface area contributed by atoms with Gasteiger partial charge >= 0.3 is 0 Å². The van der Waals surface area contributed by atoms with Gasteiger partial charge in [-0.2, -0.15) is 5.26 Å². The second-order valence-electron chi connectivity index (χ2n) is 15.5. The zero-order valence-corrected chi connectivity index (χ0v) is 25.2. The largest absolute Gasteiger partial charge is 0.299 e. The van der Waals surface area contributed by atoms with Gasteiger partial charge in [0.1, 0.15) is 11.9 Å². The van der Waals surface area contributed by atoms with Crippen LogP contribution < -0.4 is 0 Å². The number of hydrogen-bond donors (Lipinski definition) is 0. The van der Waals surface area contributed by atoms with Crippen LogP contribution in [0.15, 0.2) is 11.6 Å². The molecule has 3 nitrogen and oxygen atoms in total. The first-order chi connectivity index (χ1) is 16.6. The van der Waals surface area contributed by atoms with Crippen molar-refractivity contribution in [1.29, 1.82) is 5.26 Å². The maximum Gasteiger partial charge on any atom is 0.178 e. The average molecular weight is 557 g/mol. The first-order valence-corrected chi connectivity index (χ1v) is 15.5. The molecule has 4 saturated carbocycles. The summed E-state index contributed by atoms with van der Waals surface area (Å²) in [5, 5.41) is 10.9. The zero-order valence-electron chi connectivity index (χ0n) is 23.6. The molecule has 0 bridgehead atoms. The molecule has 36 heavy (non-hydrogen) atoms. The first kappa shape index (κ1) is 26.6. The van der Waals surface area contributed by atoms with Crippen LogP contribution in [-0.2, 0) is 9.59 Å². The number of ketones is 2. The lowest BCUT2D eigenvalue weighted by Gasteiger charge is -2.72. The molecule has 4 heteroatoms. The van der Waals surface area contributed by atoms with Crippen molar-refractivity contribution in [2.45, 2.75) is 106 Å². The summed E-state index contributed by atoms with van der Waals surface area (Å²) in [6.07, 6.45) is 11.9. The Morgan fingerprint density at radius 2 is 1.61 bits per heavy atom. The highest BCUT2D eigenvalue weighted by atomic mass is 79.9. The third-order valence-electron chi connectivity index (χ3n) is 13.2. The summed E-state index contributed by atoms with van der Waals surface area (Å²) in [7, 11) is 0. The fraction of sp³-hybridized carbons (Fsp3) is 0.844. The molecule has 0 amide bonds. The van der Waals surface area contributed by atoms with E-state index >= 15 is 0 Å². The Balaban J connectivity index is 1.63. The van der Waals surface area contributed by atoms with Crippen LogP contribution in [0.4, 0.5) is 0 Å². The fourth-order valence-corrected chi connectivity index (χ4v) is 11.8. The molecule has 198 valence electrons. The monoisotopic (exact) mass is 555 g/mol. The van der Waals surface area contributed by atoms with Crippen molar-refractivity contribution >= 4 is 27.5 Å². The van der Waals surface area contributed by atoms with E-state index in [4.69, 9.17) is 0 Å². The number of rotatable bonds is 2. The number of hydrogen-bond acceptors (Lipinski definition) is 3. The topological polar surface area (TPSA) is 57.9 Å². The van der Waals surface area contributed by atoms with Gasteiger partial charge in [-0.1, -0.05) is 70.5 Å². The van der Waals surface area contributed by atoms with Gasteiger partial charge in [0.25, 0.3) is 0 Å². The Bertz CT molecular complexity index is 1070. The van der Waals surface area contributed by atoms with E-state index < -0.39 is 5.41 Å². The van der Waals surface area contributed by atoms with Gasteiger partial charge in [-0.25, -0.2) is 0 Å². The molecule has 8 atom stereocenters. The third-order valence-corrected chi connectivity index (χ3v) is 13.6. The highest BCUT2D eigenvalue weighted by molar-refractivity contribution is 9.09. The van der Waals surface area contributed by atoms with Gasteiger partial charge in [0.2, 0.25) is 0 Å². The third kappa shape index (κ3) is 3.26. The van der Waals surface area contributed by atoms with Crippen LogP contribution in [0.25, 0.3) is 0 Å². The summed E-state index contributed by atoms with van der Waals surface area (Å²) in [4.78, 5) is 27.7. The van der Waals surface area contributed by atoms with Gasteiger partial charge in [-0.15, -0.1) is 0 Å². The SMILES string of the molecule is CC1(C)CC[C@]2(CCBr)CC[C@]3(C)C(C(=O)C[C@@H]4[C@@]5(C)C=C(C#N)C(=O)C(C)(C)[C@@H]5CC[C@]43C)C2C1. The minimum absolute atomic E-state index is 0.0102. The number of nitrogens with zero attached hydrogens (tertiary/aromatic N) is 1. The average Bonchev–Trinajstić information content (AvgIpc) is 2.79. The molecule has 0 spiro atoms. The van der Waals surface area contributed by atoms with Gasteiger partial charge in [0.05, 0.1) is 5.57 Å². The van der Waals surface area contributed by atoms with E-state index in [2.05, 4.69) is 56.6 Å². The molecule has 2 unspecified atom stereocenters. The second-order valence-corrected chi connectivity index (χ2v) is 16.3. The Hall–Kier alpha value is -0.950. The van der Waals surface area contributed by atoms with Crippen LogP contribution in [0.3, 0.4) is 0 Å². The van der Waals surface area contributed by atoms with Crippen LogP contribution >= 0.6 is 15.9 Å². The summed E-state index contributed by atoms with van der Waals surface area (Å²) >= 11 is 3.78. The molecule has 5 aliphatic carbocycles. The van der Waals surface area contributed by atoms with Crippen molar-refractivity contribution in [3.8, 4) is 6.07 Å². The number of halogens is 1. The number of nitriles is 1. The molecule has 0 aromatic heterocycles. The lowest BCUT2D eigenvalue weighted by molar-refractivity contribution is -0.223. The number of carbonyl (C=O) groups is 2. The molecular formula is C32H46BrNO2. The molecule has 0 aliphatic heterocycles. The van der Waals surface area contributed by atoms with Gasteiger partial charge in [-0.05, 0) is 96.2 Å². The van der Waals surface area contributed by atoms with Gasteiger partial charge in [0.15, 0.2) is 5.78 Å². The smallest absolute Gasteiger partial charge is 0.178 e. The number of fused-ring (bicyclic) bond motifs is 7. The number of allylic oxidation sites excluding steroid dienone is 2. The van der Waals surface area contributed by atoms with Crippen LogP contribution in [0, 0.1) is 67.5 Å². The van der Waals surface area contributed by atoms with Crippen LogP contribution in [0.5, 0.6) is 0 Å². The molecule has 0 aromatic carbocycles. The minimum atomic E-state index is -0.568. The molecule has 0 aromatic rings. The Labute approximate surface area is 227 Å². The normalized spacial score (nSPS) is 49.0. The maximum absolute atomic E-state index is 14.5. The maximum atomic E-state index is 14.5. The van der Waals surface area contributed by atoms with E-state index in [1.54, 1.807) is 0 Å². The van der Waals surface area contributed by atoms with E-state index in [9.17, 15) is 14.9 Å². The zero-order chi connectivity index (χ0) is 26.5. The minimum Gasteiger partial charge on any atom is -0.299 e. The second kappa shape index (κ2) is 8.03. The Kier molecular flexibility index (Phi) is 5.95. The van der Waals surface area contributed by atoms with Crippen LogP contribution in [-0.4, -0.2) is 16.9 Å². The van der Waals surface area contributed by atoms with Crippen LogP contribution in [0.2, 0.25) is 0 Å². The van der Waals surface area contributed by atoms with Crippen molar-refractivity contribution in [2.24, 2.45) is 56.2 Å². The van der Waals surface area contributed by atoms with Crippen LogP contribution in [0.1, 0.15) is 106 Å². The molecule has 0 saturated heterocycles. The standard InChI is InChI=1S/C32H46BrNO2/c1-27(2)10-12-32(14-15-33)13-11-31(7)25(21(32)18-27)22(35)16-24-29(5)17-20(19-34)26(36)28(3,4)23(29)8-9-30(24,31)6/h17,21,23-25H,8-16,18H2,1-7H3/t21?,23-,24+,25?,29-,30+,31+,32+/m0/s1. The quantitative estimate of drug-likeness (QED) is 0.323. The molecule has 5 aliphatic rings. The van der Waals surface area contributed by atoms with E-state index in [1.807, 2.05) is 19.9 Å². The van der Waals surface area contributed by atoms with Gasteiger partial charge < -0.3 is 0 Å². The highest BCUT2D eigenvalue weighted by Gasteiger charge is 2.71. The molecule has 4 fully saturated rings. The van der Waals surface area contributed by atoms with Gasteiger partial charge in [0, 0.05) is 23.1 Å². The van der Waals surface area contributed by atoms with E-state index in [0.717, 1.165) is 31.0 Å². The van der Waals surface area contributed by atoms with Crippen molar-refractivity contribution in [2.75, 3.05) is 5.33 Å². The predicted molar refractivity (Wildman–Crippen MR) is 147 cm³/mol. The Morgan fingerprint density at radius 3 is 2.25 bits per heavy atom. The summed E-state index contributed by atoms with van der Waals surface area (Å²) in [5.41, 5.74) is -0.00347. The summed E-state index contributed by atoms with van der Waals surface area (Å²) in [6.45, 7) is 16.2. The lowest BCUT2D eigenvalue weighted by Crippen LogP contribution is -2.68. The summed E-state index contributed by atoms with van der Waals surface area (Å²) in [5.74, 6) is 1.40. The summed E-state index contributed by atoms with van der Waals surface area (Å²) in [6, 6.07) is 2.24. The highest BCUT2D eigenvalue weighted by Crippen LogP contribution is 2.76. The molecule has 0 N–H and O–H groups in total. The van der Waals surface area contributed by atoms with Crippen molar-refractivity contribution in [1.82, 2.24) is 0 Å². The Morgan fingerprint density at radius 1 is 0.944 bits per heavy atom. The number of carbonyl (C=O) groups excluding carboxylic acids is 2. The van der Waals surface area contributed by atoms with Crippen molar-refractivity contribution < 1.29 is 9.59 Å². The summed E-state index contributed by atoms with van der Waals surface area (Å²) < 4.78 is 0. The molecule has 0 radical (unpaired) electrons. The van der Waals surface area contributed by atoms with E-state index in [1.165, 1.54) is 25.7 Å².